The molecule has 0 aliphatic carbocycles. The van der Waals surface area contributed by atoms with Crippen molar-refractivity contribution in [1.29, 1.82) is 0 Å². The van der Waals surface area contributed by atoms with E-state index in [4.69, 9.17) is 0 Å². The van der Waals surface area contributed by atoms with Crippen LogP contribution in [0.1, 0.15) is 23.0 Å². The first-order valence-electron chi connectivity index (χ1n) is 6.19. The van der Waals surface area contributed by atoms with Crippen molar-refractivity contribution in [2.24, 2.45) is 7.05 Å². The minimum atomic E-state index is -4.39. The van der Waals surface area contributed by atoms with E-state index in [2.05, 4.69) is 31.3 Å². The van der Waals surface area contributed by atoms with Gasteiger partial charge in [-0.15, -0.1) is 0 Å². The van der Waals surface area contributed by atoms with E-state index in [1.54, 1.807) is 24.8 Å². The summed E-state index contributed by atoms with van der Waals surface area (Å²) in [6.45, 7) is 0. The summed E-state index contributed by atoms with van der Waals surface area (Å²) in [7, 11) is 3.45. The van der Waals surface area contributed by atoms with E-state index in [0.29, 0.717) is 17.8 Å². The molecule has 0 fully saturated rings. The number of hydrogen-bond donors (Lipinski definition) is 1. The summed E-state index contributed by atoms with van der Waals surface area (Å²) in [5, 5.41) is 6.98. The number of nitrogens with one attached hydrogen (secondary N) is 1. The molecule has 1 atom stereocenters. The molecule has 0 bridgehead atoms. The quantitative estimate of drug-likeness (QED) is 0.908. The maximum atomic E-state index is 13.0. The smallest absolute Gasteiger partial charge is 0.313 e. The molecule has 0 amide bonds. The Kier molecular flexibility index (Phi) is 4.67. The van der Waals surface area contributed by atoms with Crippen molar-refractivity contribution in [1.82, 2.24) is 20.1 Å². The maximum absolute atomic E-state index is 13.0. The summed E-state index contributed by atoms with van der Waals surface area (Å²) in [5.74, 6) is 0.700. The van der Waals surface area contributed by atoms with Crippen LogP contribution in [0.4, 0.5) is 13.2 Å². The summed E-state index contributed by atoms with van der Waals surface area (Å²) in [4.78, 5) is 4.10. The first kappa shape index (κ1) is 16.0. The van der Waals surface area contributed by atoms with Crippen molar-refractivity contribution in [3.05, 3.63) is 46.0 Å². The van der Waals surface area contributed by atoms with Crippen molar-refractivity contribution < 1.29 is 13.2 Å². The summed E-state index contributed by atoms with van der Waals surface area (Å²) in [6.07, 6.45) is -2.52. The minimum Gasteiger partial charge on any atom is -0.313 e. The third-order valence-corrected chi connectivity index (χ3v) is 3.93. The predicted molar refractivity (Wildman–Crippen MR) is 75.7 cm³/mol. The van der Waals surface area contributed by atoms with Gasteiger partial charge in [-0.3, -0.25) is 4.68 Å². The molecule has 0 radical (unpaired) electrons. The Morgan fingerprint density at radius 1 is 1.38 bits per heavy atom. The van der Waals surface area contributed by atoms with Crippen LogP contribution in [0.5, 0.6) is 0 Å². The Hall–Kier alpha value is -1.41. The van der Waals surface area contributed by atoms with E-state index in [0.717, 1.165) is 6.07 Å². The van der Waals surface area contributed by atoms with Gasteiger partial charge in [-0.2, -0.15) is 18.3 Å². The topological polar surface area (TPSA) is 42.7 Å². The third-order valence-electron chi connectivity index (χ3n) is 3.24. The van der Waals surface area contributed by atoms with E-state index < -0.39 is 11.7 Å². The van der Waals surface area contributed by atoms with E-state index in [1.165, 1.54) is 12.4 Å². The van der Waals surface area contributed by atoms with Crippen molar-refractivity contribution in [2.75, 3.05) is 7.05 Å². The molecule has 1 aromatic carbocycles. The Bertz CT molecular complexity index is 624. The molecule has 0 aliphatic rings. The zero-order valence-electron chi connectivity index (χ0n) is 11.4. The second-order valence-corrected chi connectivity index (χ2v) is 5.44. The van der Waals surface area contributed by atoms with Gasteiger partial charge in [-0.25, -0.2) is 4.98 Å². The molecule has 4 nitrogen and oxygen atoms in total. The maximum Gasteiger partial charge on any atom is 0.417 e. The molecule has 2 rings (SSSR count). The number of benzene rings is 1. The number of aryl methyl sites for hydroxylation is 1. The molecule has 1 heterocycles. The summed E-state index contributed by atoms with van der Waals surface area (Å²) in [6, 6.07) is 3.96. The summed E-state index contributed by atoms with van der Waals surface area (Å²) < 4.78 is 40.5. The number of hydrogen-bond acceptors (Lipinski definition) is 3. The number of aromatic nitrogens is 3. The van der Waals surface area contributed by atoms with Gasteiger partial charge in [0.25, 0.3) is 0 Å². The highest BCUT2D eigenvalue weighted by atomic mass is 79.9. The van der Waals surface area contributed by atoms with Gasteiger partial charge in [0.2, 0.25) is 0 Å². The molecule has 1 unspecified atom stereocenters. The molecule has 0 spiro atoms. The van der Waals surface area contributed by atoms with Crippen LogP contribution in [-0.4, -0.2) is 21.8 Å². The highest BCUT2D eigenvalue weighted by Crippen LogP contribution is 2.36. The fourth-order valence-electron chi connectivity index (χ4n) is 2.05. The van der Waals surface area contributed by atoms with E-state index in [1.807, 2.05) is 0 Å². The Labute approximate surface area is 128 Å². The van der Waals surface area contributed by atoms with Crippen LogP contribution in [0.2, 0.25) is 0 Å². The number of likely N-dealkylation sites (N-methyl/N-ethyl adjacent to an activating group) is 1. The van der Waals surface area contributed by atoms with Gasteiger partial charge >= 0.3 is 6.18 Å². The second-order valence-electron chi connectivity index (χ2n) is 4.58. The lowest BCUT2D eigenvalue weighted by Gasteiger charge is -2.18. The lowest BCUT2D eigenvalue weighted by molar-refractivity contribution is -0.138. The standard InChI is InChI=1S/C13H14BrF3N4/c1-18-11(6-12-19-7-20-21(12)2)8-3-4-10(14)9(5-8)13(15,16)17/h3-5,7,11,18H,6H2,1-2H3. The van der Waals surface area contributed by atoms with Gasteiger partial charge in [0.1, 0.15) is 12.2 Å². The molecule has 1 aromatic heterocycles. The number of alkyl halides is 3. The lowest BCUT2D eigenvalue weighted by Crippen LogP contribution is -2.21. The van der Waals surface area contributed by atoms with Crippen LogP contribution in [0.25, 0.3) is 0 Å². The highest BCUT2D eigenvalue weighted by Gasteiger charge is 2.33. The number of halogens is 4. The SMILES string of the molecule is CNC(Cc1ncnn1C)c1ccc(Br)c(C(F)(F)F)c1. The molecule has 114 valence electrons. The van der Waals surface area contributed by atoms with Gasteiger partial charge in [-0.05, 0) is 24.7 Å². The van der Waals surface area contributed by atoms with Crippen LogP contribution in [0.3, 0.4) is 0 Å². The molecule has 8 heteroatoms. The summed E-state index contributed by atoms with van der Waals surface area (Å²) in [5.41, 5.74) is -0.130. The normalized spacial score (nSPS) is 13.4. The number of nitrogens with zero attached hydrogens (tertiary/aromatic N) is 3. The van der Waals surface area contributed by atoms with Crippen LogP contribution < -0.4 is 5.32 Å². The van der Waals surface area contributed by atoms with E-state index >= 15 is 0 Å². The summed E-state index contributed by atoms with van der Waals surface area (Å²) >= 11 is 2.94. The molecular weight excluding hydrogens is 349 g/mol. The molecule has 0 saturated carbocycles. The first-order valence-corrected chi connectivity index (χ1v) is 6.99. The van der Waals surface area contributed by atoms with Crippen LogP contribution in [0, 0.1) is 0 Å². The van der Waals surface area contributed by atoms with E-state index in [-0.39, 0.29) is 10.5 Å². The third kappa shape index (κ3) is 3.62. The van der Waals surface area contributed by atoms with E-state index in [9.17, 15) is 13.2 Å². The van der Waals surface area contributed by atoms with Gasteiger partial charge in [-0.1, -0.05) is 22.0 Å². The lowest BCUT2D eigenvalue weighted by atomic mass is 10.0. The van der Waals surface area contributed by atoms with Crippen molar-refractivity contribution >= 4 is 15.9 Å². The van der Waals surface area contributed by atoms with Gasteiger partial charge in [0.05, 0.1) is 5.56 Å². The Balaban J connectivity index is 2.33. The van der Waals surface area contributed by atoms with Gasteiger partial charge in [0.15, 0.2) is 0 Å². The molecule has 0 saturated heterocycles. The zero-order chi connectivity index (χ0) is 15.6. The molecule has 21 heavy (non-hydrogen) atoms. The minimum absolute atomic E-state index is 0.0345. The van der Waals surface area contributed by atoms with Crippen LogP contribution >= 0.6 is 15.9 Å². The Morgan fingerprint density at radius 2 is 2.10 bits per heavy atom. The van der Waals surface area contributed by atoms with Crippen molar-refractivity contribution in [2.45, 2.75) is 18.6 Å². The first-order chi connectivity index (χ1) is 9.82. The van der Waals surface area contributed by atoms with Crippen LogP contribution in [0.15, 0.2) is 29.0 Å². The molecule has 1 N–H and O–H groups in total. The largest absolute Gasteiger partial charge is 0.417 e. The fourth-order valence-corrected chi connectivity index (χ4v) is 2.52. The van der Waals surface area contributed by atoms with Gasteiger partial charge in [0, 0.05) is 24.0 Å². The molecule has 0 aliphatic heterocycles. The second kappa shape index (κ2) is 6.15. The highest BCUT2D eigenvalue weighted by molar-refractivity contribution is 9.10. The molecular formula is C13H14BrF3N4. The Morgan fingerprint density at radius 3 is 2.62 bits per heavy atom. The van der Waals surface area contributed by atoms with Crippen LogP contribution in [-0.2, 0) is 19.6 Å². The molecule has 2 aromatic rings. The fraction of sp³-hybridized carbons (Fsp3) is 0.385. The van der Waals surface area contributed by atoms with Crippen molar-refractivity contribution in [3.63, 3.8) is 0 Å². The predicted octanol–water partition coefficient (Wildman–Crippen LogP) is 3.10. The zero-order valence-corrected chi connectivity index (χ0v) is 13.0. The average Bonchev–Trinajstić information content (AvgIpc) is 2.81. The van der Waals surface area contributed by atoms with Gasteiger partial charge < -0.3 is 5.32 Å². The monoisotopic (exact) mass is 362 g/mol. The average molecular weight is 363 g/mol. The van der Waals surface area contributed by atoms with Crippen molar-refractivity contribution in [3.8, 4) is 0 Å². The number of rotatable bonds is 4.